The van der Waals surface area contributed by atoms with E-state index in [2.05, 4.69) is 10.3 Å². The van der Waals surface area contributed by atoms with Crippen molar-refractivity contribution in [2.24, 2.45) is 5.41 Å². The van der Waals surface area contributed by atoms with Crippen molar-refractivity contribution in [3.8, 4) is 0 Å². The fourth-order valence-electron chi connectivity index (χ4n) is 3.11. The lowest BCUT2D eigenvalue weighted by Gasteiger charge is -2.41. The minimum atomic E-state index is -1.04. The number of carbonyl (C=O) groups excluding carboxylic acids is 3. The highest BCUT2D eigenvalue weighted by atomic mass is 32.1. The molecule has 1 aromatic rings. The van der Waals surface area contributed by atoms with Crippen LogP contribution in [0.1, 0.15) is 42.8 Å². The van der Waals surface area contributed by atoms with Gasteiger partial charge in [0.25, 0.3) is 0 Å². The number of amides is 4. The van der Waals surface area contributed by atoms with E-state index in [1.807, 2.05) is 12.3 Å². The fourth-order valence-corrected chi connectivity index (χ4v) is 3.72. The third-order valence-corrected chi connectivity index (χ3v) is 5.07. The summed E-state index contributed by atoms with van der Waals surface area (Å²) in [7, 11) is 0. The van der Waals surface area contributed by atoms with Crippen molar-refractivity contribution in [2.75, 3.05) is 0 Å². The van der Waals surface area contributed by atoms with Gasteiger partial charge in [-0.25, -0.2) is 9.78 Å². The summed E-state index contributed by atoms with van der Waals surface area (Å²) < 4.78 is 0. The zero-order valence-corrected chi connectivity index (χ0v) is 12.7. The second-order valence-electron chi connectivity index (χ2n) is 5.65. The van der Waals surface area contributed by atoms with Crippen molar-refractivity contribution >= 4 is 29.2 Å². The minimum absolute atomic E-state index is 0.129. The lowest BCUT2D eigenvalue weighted by molar-refractivity contribution is -0.154. The van der Waals surface area contributed by atoms with Crippen molar-refractivity contribution in [1.29, 1.82) is 0 Å². The van der Waals surface area contributed by atoms with E-state index in [0.29, 0.717) is 18.5 Å². The number of nitrogens with one attached hydrogen (secondary N) is 1. The number of hydrogen-bond donors (Lipinski definition) is 1. The molecule has 1 aliphatic heterocycles. The third-order valence-electron chi connectivity index (χ3n) is 4.25. The molecule has 21 heavy (non-hydrogen) atoms. The van der Waals surface area contributed by atoms with E-state index in [1.165, 1.54) is 11.3 Å². The van der Waals surface area contributed by atoms with E-state index in [-0.39, 0.29) is 12.5 Å². The molecule has 1 aromatic heterocycles. The van der Waals surface area contributed by atoms with Gasteiger partial charge in [-0.1, -0.05) is 19.3 Å². The molecule has 2 heterocycles. The molecular formula is C14H17N3O3S. The number of rotatable bonds is 2. The first-order chi connectivity index (χ1) is 10.0. The highest BCUT2D eigenvalue weighted by Gasteiger charge is 2.53. The first kappa shape index (κ1) is 14.2. The van der Waals surface area contributed by atoms with Crippen LogP contribution in [-0.2, 0) is 16.1 Å². The Balaban J connectivity index is 1.87. The van der Waals surface area contributed by atoms with Crippen molar-refractivity contribution in [3.63, 3.8) is 0 Å². The van der Waals surface area contributed by atoms with Gasteiger partial charge in [0, 0.05) is 5.38 Å². The molecule has 2 aliphatic rings. The Kier molecular flexibility index (Phi) is 3.52. The van der Waals surface area contributed by atoms with Crippen LogP contribution in [0.25, 0.3) is 0 Å². The molecular weight excluding hydrogens is 290 g/mol. The van der Waals surface area contributed by atoms with Gasteiger partial charge in [-0.05, 0) is 19.8 Å². The Morgan fingerprint density at radius 2 is 2.00 bits per heavy atom. The topological polar surface area (TPSA) is 79.4 Å². The Bertz CT molecular complexity index is 604. The molecule has 1 aliphatic carbocycles. The van der Waals surface area contributed by atoms with Gasteiger partial charge in [-0.15, -0.1) is 11.3 Å². The van der Waals surface area contributed by atoms with Crippen molar-refractivity contribution in [1.82, 2.24) is 15.2 Å². The van der Waals surface area contributed by atoms with E-state index < -0.39 is 17.4 Å². The summed E-state index contributed by atoms with van der Waals surface area (Å²) in [5.41, 5.74) is -0.363. The number of nitrogens with zero attached hydrogens (tertiary/aromatic N) is 2. The van der Waals surface area contributed by atoms with Crippen LogP contribution in [0.4, 0.5) is 4.79 Å². The second-order valence-corrected chi connectivity index (χ2v) is 6.71. The van der Waals surface area contributed by atoms with Gasteiger partial charge in [0.05, 0.1) is 17.2 Å². The maximum absolute atomic E-state index is 12.8. The van der Waals surface area contributed by atoms with Crippen LogP contribution in [0.3, 0.4) is 0 Å². The van der Waals surface area contributed by atoms with Gasteiger partial charge < -0.3 is 0 Å². The van der Waals surface area contributed by atoms with E-state index >= 15 is 0 Å². The molecule has 0 bridgehead atoms. The Morgan fingerprint density at radius 3 is 2.62 bits per heavy atom. The van der Waals surface area contributed by atoms with Gasteiger partial charge in [0.1, 0.15) is 5.41 Å². The van der Waals surface area contributed by atoms with E-state index in [4.69, 9.17) is 0 Å². The van der Waals surface area contributed by atoms with Crippen molar-refractivity contribution in [3.05, 3.63) is 16.1 Å². The average Bonchev–Trinajstić information content (AvgIpc) is 2.88. The monoisotopic (exact) mass is 307 g/mol. The molecule has 1 saturated heterocycles. The summed E-state index contributed by atoms with van der Waals surface area (Å²) in [6, 6.07) is -0.633. The molecule has 6 nitrogen and oxygen atoms in total. The molecule has 1 N–H and O–H groups in total. The highest BCUT2D eigenvalue weighted by molar-refractivity contribution is 7.09. The number of hydrogen-bond acceptors (Lipinski definition) is 5. The van der Waals surface area contributed by atoms with Crippen LogP contribution in [-0.4, -0.2) is 27.7 Å². The summed E-state index contributed by atoms with van der Waals surface area (Å²) in [5, 5.41) is 5.07. The van der Waals surface area contributed by atoms with E-state index in [1.54, 1.807) is 0 Å². The zero-order chi connectivity index (χ0) is 15.0. The average molecular weight is 307 g/mol. The Morgan fingerprint density at radius 1 is 1.29 bits per heavy atom. The molecule has 4 amide bonds. The molecule has 3 rings (SSSR count). The molecule has 1 saturated carbocycles. The number of aryl methyl sites for hydroxylation is 1. The zero-order valence-electron chi connectivity index (χ0n) is 11.8. The smallest absolute Gasteiger partial charge is 0.277 e. The molecule has 112 valence electrons. The van der Waals surface area contributed by atoms with Crippen LogP contribution >= 0.6 is 11.3 Å². The number of barbiturate groups is 1. The van der Waals surface area contributed by atoms with Gasteiger partial charge in [0.2, 0.25) is 11.8 Å². The molecule has 0 unspecified atom stereocenters. The van der Waals surface area contributed by atoms with Crippen molar-refractivity contribution in [2.45, 2.75) is 45.6 Å². The van der Waals surface area contributed by atoms with Gasteiger partial charge in [-0.2, -0.15) is 0 Å². The van der Waals surface area contributed by atoms with Crippen LogP contribution in [0.5, 0.6) is 0 Å². The summed E-state index contributed by atoms with van der Waals surface area (Å²) in [4.78, 5) is 42.4. The number of carbonyl (C=O) groups is 3. The number of imide groups is 2. The normalized spacial score (nSPS) is 21.8. The predicted molar refractivity (Wildman–Crippen MR) is 76.5 cm³/mol. The number of urea groups is 1. The summed E-state index contributed by atoms with van der Waals surface area (Å²) in [6.45, 7) is 2.00. The summed E-state index contributed by atoms with van der Waals surface area (Å²) >= 11 is 1.48. The highest BCUT2D eigenvalue weighted by Crippen LogP contribution is 2.40. The molecule has 0 atom stereocenters. The second kappa shape index (κ2) is 5.22. The fraction of sp³-hybridized carbons (Fsp3) is 0.571. The lowest BCUT2D eigenvalue weighted by Crippen LogP contribution is -2.64. The van der Waals surface area contributed by atoms with Crippen molar-refractivity contribution < 1.29 is 14.4 Å². The molecule has 1 spiro atoms. The van der Waals surface area contributed by atoms with Gasteiger partial charge >= 0.3 is 6.03 Å². The van der Waals surface area contributed by atoms with E-state index in [9.17, 15) is 14.4 Å². The largest absolute Gasteiger partial charge is 0.331 e. The SMILES string of the molecule is Cc1nc(CN2C(=O)NC(=O)C3(CCCCC3)C2=O)cs1. The lowest BCUT2D eigenvalue weighted by atomic mass is 9.71. The first-order valence-corrected chi connectivity index (χ1v) is 7.99. The van der Waals surface area contributed by atoms with Crippen LogP contribution in [0.2, 0.25) is 0 Å². The Hall–Kier alpha value is -1.76. The molecule has 7 heteroatoms. The van der Waals surface area contributed by atoms with Gasteiger partial charge in [-0.3, -0.25) is 19.8 Å². The van der Waals surface area contributed by atoms with E-state index in [0.717, 1.165) is 29.2 Å². The summed E-state index contributed by atoms with van der Waals surface area (Å²) in [5.74, 6) is -0.787. The van der Waals surface area contributed by atoms with Crippen LogP contribution in [0, 0.1) is 12.3 Å². The first-order valence-electron chi connectivity index (χ1n) is 7.11. The maximum atomic E-state index is 12.8. The Labute approximate surface area is 126 Å². The molecule has 2 fully saturated rings. The molecule has 0 aromatic carbocycles. The van der Waals surface area contributed by atoms with Crippen LogP contribution < -0.4 is 5.32 Å². The predicted octanol–water partition coefficient (Wildman–Crippen LogP) is 1.98. The molecule has 0 radical (unpaired) electrons. The quantitative estimate of drug-likeness (QED) is 0.847. The number of thiazole rings is 1. The standard InChI is InChI=1S/C14H17N3O3S/c1-9-15-10(8-21-9)7-17-12(19)14(5-3-2-4-6-14)11(18)16-13(17)20/h8H,2-7H2,1H3,(H,16,18,20). The third kappa shape index (κ3) is 2.35. The number of aromatic nitrogens is 1. The van der Waals surface area contributed by atoms with Crippen LogP contribution in [0.15, 0.2) is 5.38 Å². The summed E-state index contributed by atoms with van der Waals surface area (Å²) in [6.07, 6.45) is 3.77. The van der Waals surface area contributed by atoms with Gasteiger partial charge in [0.15, 0.2) is 0 Å². The maximum Gasteiger partial charge on any atom is 0.331 e. The minimum Gasteiger partial charge on any atom is -0.277 e.